The van der Waals surface area contributed by atoms with Crippen LogP contribution in [0, 0.1) is 0 Å². The fourth-order valence-corrected chi connectivity index (χ4v) is 2.35. The number of anilines is 1. The number of carbonyl (C=O) groups excluding carboxylic acids is 3. The quantitative estimate of drug-likeness (QED) is 0.748. The first kappa shape index (κ1) is 19.5. The summed E-state index contributed by atoms with van der Waals surface area (Å²) in [6.45, 7) is -1.30. The van der Waals surface area contributed by atoms with Gasteiger partial charge in [0.2, 0.25) is 17.7 Å². The predicted octanol–water partition coefficient (Wildman–Crippen LogP) is 1.62. The maximum Gasteiger partial charge on any atom is 0.405 e. The molecule has 140 valence electrons. The van der Waals surface area contributed by atoms with Crippen molar-refractivity contribution in [3.05, 3.63) is 35.9 Å². The lowest BCUT2D eigenvalue weighted by Gasteiger charge is -2.15. The first-order valence-electron chi connectivity index (χ1n) is 7.94. The van der Waals surface area contributed by atoms with E-state index in [1.165, 1.54) is 12.2 Å². The van der Waals surface area contributed by atoms with Crippen molar-refractivity contribution in [1.29, 1.82) is 0 Å². The summed E-state index contributed by atoms with van der Waals surface area (Å²) in [6, 6.07) is 7.01. The van der Waals surface area contributed by atoms with Gasteiger partial charge in [0.05, 0.1) is 6.54 Å². The topological polar surface area (TPSA) is 78.5 Å². The fourth-order valence-electron chi connectivity index (χ4n) is 2.35. The van der Waals surface area contributed by atoms with Gasteiger partial charge >= 0.3 is 6.18 Å². The Hall–Kier alpha value is -2.84. The van der Waals surface area contributed by atoms with Crippen LogP contribution < -0.4 is 15.5 Å². The van der Waals surface area contributed by atoms with Gasteiger partial charge < -0.3 is 15.5 Å². The molecule has 0 atom stereocenters. The molecule has 1 aromatic rings. The van der Waals surface area contributed by atoms with Gasteiger partial charge in [-0.15, -0.1) is 0 Å². The van der Waals surface area contributed by atoms with E-state index in [1.54, 1.807) is 34.5 Å². The molecule has 0 aromatic heterocycles. The van der Waals surface area contributed by atoms with Gasteiger partial charge in [0.1, 0.15) is 6.54 Å². The van der Waals surface area contributed by atoms with Crippen LogP contribution in [-0.2, 0) is 14.4 Å². The van der Waals surface area contributed by atoms with Crippen molar-refractivity contribution in [2.45, 2.75) is 19.0 Å². The maximum absolute atomic E-state index is 11.9. The minimum absolute atomic E-state index is 0.0801. The van der Waals surface area contributed by atoms with E-state index in [0.717, 1.165) is 12.1 Å². The standard InChI is InChI=1S/C17H18F3N3O3/c18-17(19,20)11-22-15(25)10-21-14(24)8-5-12-3-6-13(7-4-12)23-9-1-2-16(23)26/h3-8H,1-2,9-11H2,(H,21,24)(H,22,25). The average molecular weight is 369 g/mol. The monoisotopic (exact) mass is 369 g/mol. The Kier molecular flexibility index (Phi) is 6.37. The van der Waals surface area contributed by atoms with Crippen LogP contribution in [0.5, 0.6) is 0 Å². The van der Waals surface area contributed by atoms with Crippen molar-refractivity contribution in [2.75, 3.05) is 24.5 Å². The van der Waals surface area contributed by atoms with E-state index in [0.29, 0.717) is 18.5 Å². The van der Waals surface area contributed by atoms with Crippen LogP contribution in [0.2, 0.25) is 0 Å². The fraction of sp³-hybridized carbons (Fsp3) is 0.353. The van der Waals surface area contributed by atoms with Gasteiger partial charge in [0.25, 0.3) is 0 Å². The van der Waals surface area contributed by atoms with Gasteiger partial charge in [-0.3, -0.25) is 14.4 Å². The summed E-state index contributed by atoms with van der Waals surface area (Å²) in [4.78, 5) is 36.1. The number of halogens is 3. The predicted molar refractivity (Wildman–Crippen MR) is 89.1 cm³/mol. The number of carbonyl (C=O) groups is 3. The lowest BCUT2D eigenvalue weighted by Crippen LogP contribution is -2.40. The molecule has 9 heteroatoms. The molecular formula is C17H18F3N3O3. The van der Waals surface area contributed by atoms with Crippen molar-refractivity contribution >= 4 is 29.5 Å². The molecule has 0 unspecified atom stereocenters. The molecular weight excluding hydrogens is 351 g/mol. The van der Waals surface area contributed by atoms with Crippen LogP contribution in [0.1, 0.15) is 18.4 Å². The highest BCUT2D eigenvalue weighted by atomic mass is 19.4. The zero-order chi connectivity index (χ0) is 19.2. The van der Waals surface area contributed by atoms with Crippen molar-refractivity contribution < 1.29 is 27.6 Å². The molecule has 0 saturated carbocycles. The Morgan fingerprint density at radius 1 is 1.15 bits per heavy atom. The third kappa shape index (κ3) is 6.23. The normalized spacial score (nSPS) is 14.7. The molecule has 0 aliphatic carbocycles. The maximum atomic E-state index is 11.9. The minimum Gasteiger partial charge on any atom is -0.345 e. The molecule has 3 amide bonds. The molecule has 26 heavy (non-hydrogen) atoms. The van der Waals surface area contributed by atoms with E-state index in [-0.39, 0.29) is 5.91 Å². The highest BCUT2D eigenvalue weighted by Crippen LogP contribution is 2.21. The third-order valence-corrected chi connectivity index (χ3v) is 3.61. The molecule has 1 fully saturated rings. The second kappa shape index (κ2) is 8.50. The number of hydrogen-bond acceptors (Lipinski definition) is 3. The average Bonchev–Trinajstić information content (AvgIpc) is 3.02. The molecule has 1 heterocycles. The van der Waals surface area contributed by atoms with E-state index in [4.69, 9.17) is 0 Å². The zero-order valence-electron chi connectivity index (χ0n) is 13.8. The van der Waals surface area contributed by atoms with E-state index in [9.17, 15) is 27.6 Å². The van der Waals surface area contributed by atoms with E-state index < -0.39 is 31.1 Å². The number of hydrogen-bond donors (Lipinski definition) is 2. The number of rotatable bonds is 6. The summed E-state index contributed by atoms with van der Waals surface area (Å²) < 4.78 is 35.8. The Morgan fingerprint density at radius 2 is 1.85 bits per heavy atom. The number of nitrogens with one attached hydrogen (secondary N) is 2. The molecule has 6 nitrogen and oxygen atoms in total. The lowest BCUT2D eigenvalue weighted by molar-refractivity contribution is -0.138. The number of amides is 3. The first-order chi connectivity index (χ1) is 12.2. The Morgan fingerprint density at radius 3 is 2.42 bits per heavy atom. The van der Waals surface area contributed by atoms with Gasteiger partial charge in [0, 0.05) is 24.7 Å². The summed E-state index contributed by atoms with van der Waals surface area (Å²) in [5.74, 6) is -1.45. The molecule has 1 aromatic carbocycles. The molecule has 1 saturated heterocycles. The Balaban J connectivity index is 1.79. The smallest absolute Gasteiger partial charge is 0.345 e. The minimum atomic E-state index is -4.49. The number of alkyl halides is 3. The first-order valence-corrected chi connectivity index (χ1v) is 7.94. The lowest BCUT2D eigenvalue weighted by atomic mass is 10.2. The summed E-state index contributed by atoms with van der Waals surface area (Å²) >= 11 is 0. The van der Waals surface area contributed by atoms with Crippen molar-refractivity contribution in [3.8, 4) is 0 Å². The van der Waals surface area contributed by atoms with Crippen LogP contribution in [0.25, 0.3) is 6.08 Å². The summed E-state index contributed by atoms with van der Waals surface area (Å²) in [5, 5.41) is 3.85. The number of nitrogens with zero attached hydrogens (tertiary/aromatic N) is 1. The molecule has 0 radical (unpaired) electrons. The van der Waals surface area contributed by atoms with E-state index >= 15 is 0 Å². The van der Waals surface area contributed by atoms with Crippen molar-refractivity contribution in [1.82, 2.24) is 10.6 Å². The van der Waals surface area contributed by atoms with E-state index in [1.807, 2.05) is 0 Å². The molecule has 0 bridgehead atoms. The van der Waals surface area contributed by atoms with E-state index in [2.05, 4.69) is 5.32 Å². The summed E-state index contributed by atoms with van der Waals surface area (Å²) in [6.07, 6.45) is -0.452. The zero-order valence-corrected chi connectivity index (χ0v) is 13.8. The second-order valence-electron chi connectivity index (χ2n) is 5.68. The van der Waals surface area contributed by atoms with Gasteiger partial charge in [-0.05, 0) is 30.2 Å². The summed E-state index contributed by atoms with van der Waals surface area (Å²) in [5.41, 5.74) is 1.49. The third-order valence-electron chi connectivity index (χ3n) is 3.61. The van der Waals surface area contributed by atoms with Crippen LogP contribution in [-0.4, -0.2) is 43.5 Å². The SMILES string of the molecule is O=C(C=Cc1ccc(N2CCCC2=O)cc1)NCC(=O)NCC(F)(F)F. The largest absolute Gasteiger partial charge is 0.405 e. The molecule has 0 spiro atoms. The van der Waals surface area contributed by atoms with Gasteiger partial charge in [0.15, 0.2) is 0 Å². The Labute approximate surface area is 148 Å². The van der Waals surface area contributed by atoms with Crippen molar-refractivity contribution in [2.24, 2.45) is 0 Å². The van der Waals surface area contributed by atoms with Crippen LogP contribution in [0.3, 0.4) is 0 Å². The molecule has 1 aliphatic heterocycles. The summed E-state index contributed by atoms with van der Waals surface area (Å²) in [7, 11) is 0. The van der Waals surface area contributed by atoms with Crippen LogP contribution in [0.4, 0.5) is 18.9 Å². The molecule has 1 aliphatic rings. The van der Waals surface area contributed by atoms with Crippen LogP contribution >= 0.6 is 0 Å². The molecule has 2 N–H and O–H groups in total. The Bertz CT molecular complexity index is 699. The van der Waals surface area contributed by atoms with Gasteiger partial charge in [-0.1, -0.05) is 12.1 Å². The number of benzene rings is 1. The van der Waals surface area contributed by atoms with Gasteiger partial charge in [-0.25, -0.2) is 0 Å². The highest BCUT2D eigenvalue weighted by molar-refractivity contribution is 5.96. The highest BCUT2D eigenvalue weighted by Gasteiger charge is 2.27. The molecule has 2 rings (SSSR count). The van der Waals surface area contributed by atoms with Crippen LogP contribution in [0.15, 0.2) is 30.3 Å². The van der Waals surface area contributed by atoms with Gasteiger partial charge in [-0.2, -0.15) is 13.2 Å². The van der Waals surface area contributed by atoms with Crippen molar-refractivity contribution in [3.63, 3.8) is 0 Å². The second-order valence-corrected chi connectivity index (χ2v) is 5.68.